The first-order chi connectivity index (χ1) is 13.0. The second kappa shape index (κ2) is 8.93. The lowest BCUT2D eigenvalue weighted by Crippen LogP contribution is -2.30. The van der Waals surface area contributed by atoms with Crippen LogP contribution >= 0.6 is 0 Å². The lowest BCUT2D eigenvalue weighted by molar-refractivity contribution is 0.252. The average molecular weight is 427 g/mol. The highest BCUT2D eigenvalue weighted by molar-refractivity contribution is 7.92. The van der Waals surface area contributed by atoms with Crippen molar-refractivity contribution in [2.24, 2.45) is 0 Å². The summed E-state index contributed by atoms with van der Waals surface area (Å²) in [7, 11) is -7.17. The lowest BCUT2D eigenvalue weighted by atomic mass is 10.1. The molecule has 0 aliphatic carbocycles. The molecule has 0 spiro atoms. The second-order valence-electron chi connectivity index (χ2n) is 6.16. The summed E-state index contributed by atoms with van der Waals surface area (Å²) in [5.41, 5.74) is 1.50. The van der Waals surface area contributed by atoms with E-state index in [2.05, 4.69) is 20.1 Å². The number of rotatable bonds is 8. The van der Waals surface area contributed by atoms with Crippen LogP contribution in [0.2, 0.25) is 0 Å². The van der Waals surface area contributed by atoms with Crippen LogP contribution in [-0.2, 0) is 26.5 Å². The van der Waals surface area contributed by atoms with Crippen molar-refractivity contribution in [3.63, 3.8) is 0 Å². The minimum Gasteiger partial charge on any atom is -0.338 e. The Morgan fingerprint density at radius 3 is 1.82 bits per heavy atom. The van der Waals surface area contributed by atoms with Crippen LogP contribution in [0.3, 0.4) is 0 Å². The van der Waals surface area contributed by atoms with Crippen molar-refractivity contribution >= 4 is 43.1 Å². The number of hydrogen-bond donors (Lipinski definition) is 4. The fourth-order valence-corrected chi connectivity index (χ4v) is 3.48. The normalized spacial score (nSPS) is 11.5. The number of sulfonamides is 2. The topological polar surface area (TPSA) is 133 Å². The molecule has 2 aromatic rings. The van der Waals surface area contributed by atoms with Crippen molar-refractivity contribution in [3.05, 3.63) is 54.1 Å². The maximum atomic E-state index is 12.1. The van der Waals surface area contributed by atoms with Gasteiger partial charge in [0.1, 0.15) is 0 Å². The van der Waals surface area contributed by atoms with Gasteiger partial charge in [-0.05, 0) is 30.2 Å². The standard InChI is InChI=1S/C17H22N4O5S2/c1-27(23,24)20-15-10-14(11-16(12-15)21-28(2,25)26)19-17(22)18-9-8-13-6-4-3-5-7-13/h3-7,10-12,20-21H,8-9H2,1-2H3,(H2,18,19,22). The highest BCUT2D eigenvalue weighted by atomic mass is 32.2. The predicted molar refractivity (Wildman–Crippen MR) is 111 cm³/mol. The van der Waals surface area contributed by atoms with Gasteiger partial charge in [0, 0.05) is 12.2 Å². The van der Waals surface area contributed by atoms with Crippen molar-refractivity contribution in [2.75, 3.05) is 33.8 Å². The van der Waals surface area contributed by atoms with Crippen molar-refractivity contribution in [1.29, 1.82) is 0 Å². The number of amides is 2. The van der Waals surface area contributed by atoms with Crippen molar-refractivity contribution in [3.8, 4) is 0 Å². The van der Waals surface area contributed by atoms with Gasteiger partial charge in [0.15, 0.2) is 0 Å². The molecule has 0 saturated heterocycles. The van der Waals surface area contributed by atoms with E-state index in [1.54, 1.807) is 0 Å². The minimum atomic E-state index is -3.58. The highest BCUT2D eigenvalue weighted by Crippen LogP contribution is 2.24. The number of nitrogens with one attached hydrogen (secondary N) is 4. The van der Waals surface area contributed by atoms with Gasteiger partial charge in [-0.1, -0.05) is 30.3 Å². The van der Waals surface area contributed by atoms with Gasteiger partial charge in [-0.3, -0.25) is 9.44 Å². The molecule has 0 radical (unpaired) electrons. The zero-order chi connectivity index (χ0) is 20.8. The van der Waals surface area contributed by atoms with E-state index in [1.807, 2.05) is 30.3 Å². The summed E-state index contributed by atoms with van der Waals surface area (Å²) in [6.45, 7) is 0.394. The summed E-state index contributed by atoms with van der Waals surface area (Å²) < 4.78 is 50.3. The van der Waals surface area contributed by atoms with Gasteiger partial charge in [0.2, 0.25) is 20.0 Å². The number of anilines is 3. The Balaban J connectivity index is 2.08. The molecular weight excluding hydrogens is 404 g/mol. The summed E-state index contributed by atoms with van der Waals surface area (Å²) in [4.78, 5) is 12.1. The van der Waals surface area contributed by atoms with E-state index in [-0.39, 0.29) is 17.1 Å². The first kappa shape index (κ1) is 21.5. The molecule has 4 N–H and O–H groups in total. The fraction of sp³-hybridized carbons (Fsp3) is 0.235. The average Bonchev–Trinajstić information content (AvgIpc) is 2.52. The highest BCUT2D eigenvalue weighted by Gasteiger charge is 2.10. The van der Waals surface area contributed by atoms with Crippen LogP contribution in [0.4, 0.5) is 21.9 Å². The zero-order valence-corrected chi connectivity index (χ0v) is 17.0. The first-order valence-electron chi connectivity index (χ1n) is 8.20. The smallest absolute Gasteiger partial charge is 0.319 e. The number of urea groups is 1. The molecule has 0 saturated carbocycles. The predicted octanol–water partition coefficient (Wildman–Crippen LogP) is 1.79. The SMILES string of the molecule is CS(=O)(=O)Nc1cc(NC(=O)NCCc2ccccc2)cc(NS(C)(=O)=O)c1. The van der Waals surface area contributed by atoms with Gasteiger partial charge >= 0.3 is 6.03 Å². The first-order valence-corrected chi connectivity index (χ1v) is 12.0. The van der Waals surface area contributed by atoms with Crippen LogP contribution in [0.25, 0.3) is 0 Å². The van der Waals surface area contributed by atoms with E-state index in [9.17, 15) is 21.6 Å². The van der Waals surface area contributed by atoms with Crippen LogP contribution in [0.1, 0.15) is 5.56 Å². The third kappa shape index (κ3) is 8.27. The van der Waals surface area contributed by atoms with Crippen molar-refractivity contribution < 1.29 is 21.6 Å². The molecule has 0 heterocycles. The van der Waals surface area contributed by atoms with Gasteiger partial charge in [-0.25, -0.2) is 21.6 Å². The molecule has 0 aliphatic heterocycles. The monoisotopic (exact) mass is 426 g/mol. The fourth-order valence-electron chi connectivity index (χ4n) is 2.39. The Bertz CT molecular complexity index is 986. The van der Waals surface area contributed by atoms with Crippen LogP contribution in [0.5, 0.6) is 0 Å². The van der Waals surface area contributed by atoms with E-state index in [0.717, 1.165) is 18.1 Å². The van der Waals surface area contributed by atoms with Gasteiger partial charge < -0.3 is 10.6 Å². The molecule has 2 aromatic carbocycles. The van der Waals surface area contributed by atoms with E-state index >= 15 is 0 Å². The van der Waals surface area contributed by atoms with E-state index < -0.39 is 26.1 Å². The zero-order valence-electron chi connectivity index (χ0n) is 15.4. The number of carbonyl (C=O) groups excluding carboxylic acids is 1. The molecule has 0 aromatic heterocycles. The summed E-state index contributed by atoms with van der Waals surface area (Å²) in [6.07, 6.45) is 2.57. The third-order valence-corrected chi connectivity index (χ3v) is 4.55. The van der Waals surface area contributed by atoms with Gasteiger partial charge in [0.25, 0.3) is 0 Å². The Kier molecular flexibility index (Phi) is 6.86. The van der Waals surface area contributed by atoms with Gasteiger partial charge in [0.05, 0.1) is 23.9 Å². The number of benzene rings is 2. The Hall–Kier alpha value is -2.79. The van der Waals surface area contributed by atoms with Crippen LogP contribution in [0, 0.1) is 0 Å². The molecule has 28 heavy (non-hydrogen) atoms. The van der Waals surface area contributed by atoms with Crippen LogP contribution in [-0.4, -0.2) is 41.9 Å². The quantitative estimate of drug-likeness (QED) is 0.511. The molecule has 0 unspecified atom stereocenters. The van der Waals surface area contributed by atoms with Crippen molar-refractivity contribution in [2.45, 2.75) is 6.42 Å². The van der Waals surface area contributed by atoms with Gasteiger partial charge in [-0.15, -0.1) is 0 Å². The van der Waals surface area contributed by atoms with Crippen molar-refractivity contribution in [1.82, 2.24) is 5.32 Å². The summed E-state index contributed by atoms with van der Waals surface area (Å²) in [5, 5.41) is 5.25. The van der Waals surface area contributed by atoms with E-state index in [4.69, 9.17) is 0 Å². The largest absolute Gasteiger partial charge is 0.338 e. The Morgan fingerprint density at radius 1 is 0.821 bits per heavy atom. The molecule has 152 valence electrons. The molecular formula is C17H22N4O5S2. The molecule has 0 fully saturated rings. The summed E-state index contributed by atoms with van der Waals surface area (Å²) >= 11 is 0. The van der Waals surface area contributed by atoms with Crippen LogP contribution in [0.15, 0.2) is 48.5 Å². The maximum absolute atomic E-state index is 12.1. The molecule has 0 bridgehead atoms. The number of carbonyl (C=O) groups is 1. The molecule has 0 aliphatic rings. The molecule has 11 heteroatoms. The van der Waals surface area contributed by atoms with Crippen LogP contribution < -0.4 is 20.1 Å². The third-order valence-electron chi connectivity index (χ3n) is 3.34. The minimum absolute atomic E-state index is 0.107. The van der Waals surface area contributed by atoms with E-state index in [1.165, 1.54) is 18.2 Å². The number of hydrogen-bond acceptors (Lipinski definition) is 5. The summed E-state index contributed by atoms with van der Waals surface area (Å²) in [5.74, 6) is 0. The Labute approximate surface area is 164 Å². The van der Waals surface area contributed by atoms with E-state index in [0.29, 0.717) is 13.0 Å². The molecule has 0 atom stereocenters. The summed E-state index contributed by atoms with van der Waals surface area (Å²) in [6, 6.07) is 13.2. The molecule has 9 nitrogen and oxygen atoms in total. The second-order valence-corrected chi connectivity index (χ2v) is 9.66. The maximum Gasteiger partial charge on any atom is 0.319 e. The Morgan fingerprint density at radius 2 is 1.32 bits per heavy atom. The van der Waals surface area contributed by atoms with Gasteiger partial charge in [-0.2, -0.15) is 0 Å². The lowest BCUT2D eigenvalue weighted by Gasteiger charge is -2.13. The molecule has 2 amide bonds. The molecule has 2 rings (SSSR count).